The van der Waals surface area contributed by atoms with Gasteiger partial charge in [0, 0.05) is 180 Å². The number of nitrogens with zero attached hydrogens (tertiary/aromatic N) is 7. The first kappa shape index (κ1) is 98.9. The van der Waals surface area contributed by atoms with Crippen LogP contribution in [-0.2, 0) is 28.8 Å². The molecule has 0 radical (unpaired) electrons. The van der Waals surface area contributed by atoms with Gasteiger partial charge in [-0.25, -0.2) is 34.3 Å². The molecule has 9 fully saturated rings. The van der Waals surface area contributed by atoms with Crippen molar-refractivity contribution >= 4 is 177 Å². The first-order chi connectivity index (χ1) is 71.1. The lowest BCUT2D eigenvalue weighted by atomic mass is 9.64. The van der Waals surface area contributed by atoms with Crippen LogP contribution in [0.2, 0.25) is 0 Å². The highest BCUT2D eigenvalue weighted by molar-refractivity contribution is 6.55. The molecule has 1 saturated heterocycles. The minimum atomic E-state index is -1.28. The second-order valence-electron chi connectivity index (χ2n) is 43.8. The Morgan fingerprint density at radius 1 is 0.361 bits per heavy atom. The van der Waals surface area contributed by atoms with Gasteiger partial charge in [0.2, 0.25) is 5.91 Å². The summed E-state index contributed by atoms with van der Waals surface area (Å²) in [5, 5.41) is 66.2. The van der Waals surface area contributed by atoms with Crippen LogP contribution in [0.15, 0.2) is 147 Å². The number of halogens is 1. The Labute approximate surface area is 851 Å². The molecule has 8 aliphatic carbocycles. The summed E-state index contributed by atoms with van der Waals surface area (Å²) in [7, 11) is -5.60. The quantitative estimate of drug-likeness (QED) is 0.0236. The Morgan fingerprint density at radius 3 is 0.816 bits per heavy atom. The van der Waals surface area contributed by atoms with Crippen molar-refractivity contribution in [2.24, 2.45) is 88.8 Å². The van der Waals surface area contributed by atoms with E-state index in [-0.39, 0.29) is 11.7 Å². The molecule has 15 aliphatic rings. The maximum atomic E-state index is 13.7. The number of hydrogen-bond donors (Lipinski definition) is 12. The van der Waals surface area contributed by atoms with Crippen LogP contribution >= 0.6 is 0 Å². The van der Waals surface area contributed by atoms with Gasteiger partial charge in [0.25, 0.3) is 0 Å². The Hall–Kier alpha value is -12.7. The molecule has 27 rings (SSSR count). The molecular weight excluding hydrogens is 1860 g/mol. The lowest BCUT2D eigenvalue weighted by Gasteiger charge is -2.42. The van der Waals surface area contributed by atoms with Crippen molar-refractivity contribution < 1.29 is 91.2 Å². The van der Waals surface area contributed by atoms with Crippen molar-refractivity contribution in [1.82, 2.24) is 64.7 Å². The number of fused-ring (bicyclic) bond motifs is 18. The van der Waals surface area contributed by atoms with Crippen LogP contribution in [0.5, 0.6) is 34.5 Å². The highest BCUT2D eigenvalue weighted by Crippen LogP contribution is 2.58. The van der Waals surface area contributed by atoms with Gasteiger partial charge in [0.15, 0.2) is 0 Å². The van der Waals surface area contributed by atoms with E-state index < -0.39 is 54.3 Å². The number of H-pyrrole nitrogens is 6. The fraction of sp³-hybridized carbons (Fsp3) is 0.450. The number of aromatic amines is 6. The number of allylic oxidation sites excluding steroid dienone is 6. The summed E-state index contributed by atoms with van der Waals surface area (Å²) in [5.74, 6) is 21.9. The number of pyridine rings is 6. The van der Waals surface area contributed by atoms with Gasteiger partial charge in [-0.2, -0.15) is 0 Å². The molecule has 31 nitrogen and oxygen atoms in total. The van der Waals surface area contributed by atoms with Crippen LogP contribution in [0.4, 0.5) is 4.39 Å². The van der Waals surface area contributed by atoms with E-state index >= 15 is 0 Å². The molecule has 1 amide bonds. The zero-order valence-corrected chi connectivity index (χ0v) is 83.4. The van der Waals surface area contributed by atoms with Gasteiger partial charge in [-0.15, -0.1) is 0 Å². The maximum Gasteiger partial charge on any atom is 0.552 e. The summed E-state index contributed by atoms with van der Waals surface area (Å²) in [6.07, 6.45) is 43.3. The van der Waals surface area contributed by atoms with E-state index in [9.17, 15) is 63.3 Å². The third kappa shape index (κ3) is 20.7. The number of carbonyl (C=O) groups is 6. The van der Waals surface area contributed by atoms with E-state index in [2.05, 4.69) is 66.7 Å². The van der Waals surface area contributed by atoms with E-state index in [1.54, 1.807) is 49.1 Å². The molecule has 0 spiro atoms. The summed E-state index contributed by atoms with van der Waals surface area (Å²) in [5.41, 5.74) is 16.6. The van der Waals surface area contributed by atoms with Crippen molar-refractivity contribution in [3.05, 3.63) is 180 Å². The minimum Gasteiger partial charge on any atom is -0.531 e. The zero-order valence-electron chi connectivity index (χ0n) is 83.4. The van der Waals surface area contributed by atoms with E-state index in [0.29, 0.717) is 198 Å². The summed E-state index contributed by atoms with van der Waals surface area (Å²) >= 11 is 0. The van der Waals surface area contributed by atoms with E-state index in [0.717, 1.165) is 255 Å². The number of aromatic nitrogens is 12. The van der Waals surface area contributed by atoms with Gasteiger partial charge in [0.05, 0.1) is 43.1 Å². The Morgan fingerprint density at radius 2 is 0.592 bits per heavy atom. The van der Waals surface area contributed by atoms with E-state index in [4.69, 9.17) is 27.9 Å². The fourth-order valence-corrected chi connectivity index (χ4v) is 24.9. The summed E-state index contributed by atoms with van der Waals surface area (Å²) in [6, 6.07) is 12.0. The molecule has 147 heavy (non-hydrogen) atoms. The highest BCUT2D eigenvalue weighted by Gasteiger charge is 2.56. The van der Waals surface area contributed by atoms with E-state index in [1.807, 2.05) is 123 Å². The van der Waals surface area contributed by atoms with Gasteiger partial charge in [-0.3, -0.25) is 28.8 Å². The molecule has 38 heteroatoms. The van der Waals surface area contributed by atoms with Crippen molar-refractivity contribution in [3.63, 3.8) is 0 Å². The summed E-state index contributed by atoms with van der Waals surface area (Å²) in [4.78, 5) is 118. The largest absolute Gasteiger partial charge is 0.552 e. The first-order valence-electron chi connectivity index (χ1n) is 52.9. The van der Waals surface area contributed by atoms with Crippen LogP contribution < -0.4 is 27.9 Å². The molecule has 19 heterocycles. The van der Waals surface area contributed by atoms with Crippen LogP contribution in [-0.4, -0.2) is 191 Å². The van der Waals surface area contributed by atoms with Crippen LogP contribution in [0.25, 0.3) is 99.6 Å². The molecule has 2 atom stereocenters. The predicted molar refractivity (Wildman–Crippen MR) is 562 cm³/mol. The van der Waals surface area contributed by atoms with E-state index in [1.165, 1.54) is 6.92 Å². The van der Waals surface area contributed by atoms with Gasteiger partial charge in [-0.1, -0.05) is 27.7 Å². The standard InChI is InChI=1S/C19H20BFN2O3.C19H22BN3O3.C18H19BN2O3.2C18H21BN2O3.C17H19BN2O3/c1-19(21)7-14(19)15(24)6-10-4-11(5-10)13-8-20(25)26-16-9-23-18-12(17(13)16)2-3-22-18;1-11-9-23(10-11)17(24)6-12-4-13(5-12)15-7-20(25)26-16-8-22-19-14(18(15)16)2-3-21-19;22-15(11-1-2-11)7-10-5-12(6-10)14-8-19(23)24-16-9-21-18-13(17(14)16)3-4-20-18;2*1-2-3-13(22)8-11-6-12(7-11)15-9-19(23)24-16-10-21-18-14(17(15)16)4-5-20-18;1-2-12(21)7-10-5-11(6-10)14-8-18(22)23-15-9-20-17-13(16(14)15)3-4-19-17/h2-3,8-11,14,25H,4-7H2,1H3,(H,22,23);2-3,7-8,11-13,25H,4-6,9-10H2,1H3,(H,21,22);3-4,8-12,23H,1-2,5-7H2,(H,20,21);2*4-5,9-12,23H,2-3,6-8H2,1H3,(H,20,21);3-4,8-11,22H,2,5-7H2,1H3,(H,19,20). The zero-order chi connectivity index (χ0) is 101. The molecule has 756 valence electrons. The second kappa shape index (κ2) is 41.4. The molecule has 7 aliphatic heterocycles. The topological polar surface area (TPSA) is 455 Å². The summed E-state index contributed by atoms with van der Waals surface area (Å²) < 4.78 is 46.9. The molecule has 0 aromatic carbocycles. The lowest BCUT2D eigenvalue weighted by Crippen LogP contribution is -2.49. The molecule has 12 aromatic rings. The third-order valence-electron chi connectivity index (χ3n) is 33.0. The summed E-state index contributed by atoms with van der Waals surface area (Å²) in [6.45, 7) is 11.5. The monoisotopic (exact) mass is 1990 g/mol. The molecule has 12 N–H and O–H groups in total. The smallest absolute Gasteiger partial charge is 0.531 e. The number of likely N-dealkylation sites (tertiary alicyclic amines) is 1. The van der Waals surface area contributed by atoms with Crippen molar-refractivity contribution in [2.45, 2.75) is 207 Å². The minimum absolute atomic E-state index is 0.0667. The fourth-order valence-electron chi connectivity index (χ4n) is 24.9. The van der Waals surface area contributed by atoms with Gasteiger partial charge < -0.3 is 92.9 Å². The van der Waals surface area contributed by atoms with Crippen molar-refractivity contribution in [1.29, 1.82) is 0 Å². The van der Waals surface area contributed by atoms with Gasteiger partial charge in [0.1, 0.15) is 103 Å². The first-order valence-corrected chi connectivity index (χ1v) is 52.9. The van der Waals surface area contributed by atoms with Crippen molar-refractivity contribution in [3.8, 4) is 34.5 Å². The molecule has 2 unspecified atom stereocenters. The second-order valence-corrected chi connectivity index (χ2v) is 43.8. The van der Waals surface area contributed by atoms with Crippen LogP contribution in [0.1, 0.15) is 235 Å². The van der Waals surface area contributed by atoms with Crippen LogP contribution in [0, 0.1) is 88.8 Å². The van der Waals surface area contributed by atoms with Gasteiger partial charge >= 0.3 is 42.7 Å². The SMILES string of the molecule is CC1(F)CC1C(=O)CC1CC(C2=CB(O)Oc3cnc4[nH]ccc4c32)C1.CC1CN(C(=O)CC2CC(C3=CB(O)Oc4cnc5[nH]ccc5c43)C2)C1.CCC(=O)CC1CC(C2=CB(O)Oc3cnc4[nH]ccc4c32)C1.CCCC(=O)CC1CC(C2=CB(O)Oc3cnc4[nH]ccc4c32)C1.CCCC(=O)CC1CC(C2=CB(O)Oc3cnc4[nH]ccc4c32)C1.O=C(CC1CC(C2=CB(O)Oc3cnc4[nH]ccc4c32)C1)C1CC1. The Balaban J connectivity index is 0.000000100. The van der Waals surface area contributed by atoms with Gasteiger partial charge in [-0.05, 0) is 299 Å². The predicted octanol–water partition coefficient (Wildman–Crippen LogP) is 17.1. The number of rotatable bonds is 25. The lowest BCUT2D eigenvalue weighted by molar-refractivity contribution is -0.139. The maximum absolute atomic E-state index is 13.7. The number of amides is 1. The number of Topliss-reactive ketones (excluding diaryl/α,β-unsaturated/α-hetero) is 5. The molecule has 8 saturated carbocycles. The van der Waals surface area contributed by atoms with Crippen LogP contribution in [0.3, 0.4) is 0 Å². The Bertz CT molecular complexity index is 7140. The van der Waals surface area contributed by atoms with Crippen molar-refractivity contribution in [2.75, 3.05) is 13.1 Å². The number of hydrogen-bond acceptors (Lipinski definition) is 24. The highest BCUT2D eigenvalue weighted by atomic mass is 19.1. The normalized spacial score (nSPS) is 25.4. The number of ketones is 5. The molecule has 12 aromatic heterocycles. The number of alkyl halides is 1. The number of carbonyl (C=O) groups excluding carboxylic acids is 6. The molecule has 0 bridgehead atoms. The molecular formula is C109H122B6FN13O18. The average molecular weight is 1990 g/mol. The third-order valence-corrected chi connectivity index (χ3v) is 33.0. The Kier molecular flexibility index (Phi) is 27.9. The average Bonchev–Trinajstić information content (AvgIpc) is 1.76. The number of nitrogens with one attached hydrogen (secondary N) is 6.